The molecule has 0 atom stereocenters. The van der Waals surface area contributed by atoms with Crippen LogP contribution in [0.4, 0.5) is 0 Å². The molecule has 0 heterocycles. The summed E-state index contributed by atoms with van der Waals surface area (Å²) in [5.41, 5.74) is 0. The normalized spacial score (nSPS) is 17.2. The van der Waals surface area contributed by atoms with Crippen molar-refractivity contribution in [1.29, 1.82) is 0 Å². The molecule has 0 saturated heterocycles. The summed E-state index contributed by atoms with van der Waals surface area (Å²) in [6.07, 6.45) is 31.0. The molecular formula is C17H23Cl2Zr-3. The van der Waals surface area contributed by atoms with E-state index in [1.807, 2.05) is 12.2 Å². The van der Waals surface area contributed by atoms with E-state index >= 15 is 0 Å². The fourth-order valence-electron chi connectivity index (χ4n) is 1.70. The SMILES string of the molecule is [C-]1=CC=CC1.[C-]1=CCCCC1.[C-]1=CCCCC1.[Cl-].[Cl-].[Zr+2]. The maximum Gasteiger partial charge on any atom is 2.00 e. The van der Waals surface area contributed by atoms with Crippen LogP contribution >= 0.6 is 0 Å². The van der Waals surface area contributed by atoms with Crippen LogP contribution in [0.25, 0.3) is 0 Å². The van der Waals surface area contributed by atoms with E-state index in [0.717, 1.165) is 6.42 Å². The average Bonchev–Trinajstić information content (AvgIpc) is 3.03. The van der Waals surface area contributed by atoms with Crippen LogP contribution in [-0.2, 0) is 26.2 Å². The molecule has 0 aromatic rings. The third-order valence-electron chi connectivity index (χ3n) is 2.71. The van der Waals surface area contributed by atoms with Gasteiger partial charge in [0.05, 0.1) is 0 Å². The zero-order valence-electron chi connectivity index (χ0n) is 12.0. The van der Waals surface area contributed by atoms with Gasteiger partial charge in [-0.05, 0) is 0 Å². The van der Waals surface area contributed by atoms with Gasteiger partial charge in [0, 0.05) is 0 Å². The Morgan fingerprint density at radius 3 is 1.35 bits per heavy atom. The summed E-state index contributed by atoms with van der Waals surface area (Å²) in [7, 11) is 0. The molecule has 3 aliphatic rings. The van der Waals surface area contributed by atoms with Crippen LogP contribution in [-0.4, -0.2) is 0 Å². The van der Waals surface area contributed by atoms with E-state index in [-0.39, 0.29) is 51.0 Å². The molecule has 20 heavy (non-hydrogen) atoms. The Kier molecular flexibility index (Phi) is 27.6. The Labute approximate surface area is 156 Å². The van der Waals surface area contributed by atoms with E-state index in [0.29, 0.717) is 0 Å². The molecule has 0 aromatic carbocycles. The molecule has 0 saturated carbocycles. The van der Waals surface area contributed by atoms with E-state index in [2.05, 4.69) is 36.5 Å². The van der Waals surface area contributed by atoms with Gasteiger partial charge in [-0.2, -0.15) is 18.9 Å². The molecule has 3 rings (SSSR count). The summed E-state index contributed by atoms with van der Waals surface area (Å²) in [6, 6.07) is 0. The second-order valence-corrected chi connectivity index (χ2v) is 4.31. The first-order valence-corrected chi connectivity index (χ1v) is 6.82. The molecular weight excluding hydrogens is 366 g/mol. The van der Waals surface area contributed by atoms with Crippen LogP contribution < -0.4 is 24.8 Å². The summed E-state index contributed by atoms with van der Waals surface area (Å²) in [5, 5.41) is 0. The van der Waals surface area contributed by atoms with Crippen molar-refractivity contribution in [3.8, 4) is 0 Å². The predicted octanol–water partition coefficient (Wildman–Crippen LogP) is -0.849. The summed E-state index contributed by atoms with van der Waals surface area (Å²) in [4.78, 5) is 0. The van der Waals surface area contributed by atoms with Gasteiger partial charge in [-0.25, -0.2) is 12.2 Å². The first kappa shape index (κ1) is 25.4. The zero-order chi connectivity index (χ0) is 12.0. The molecule has 0 amide bonds. The number of halogens is 2. The van der Waals surface area contributed by atoms with Crippen LogP contribution in [0.15, 0.2) is 30.4 Å². The van der Waals surface area contributed by atoms with Gasteiger partial charge >= 0.3 is 26.2 Å². The van der Waals surface area contributed by atoms with Crippen molar-refractivity contribution in [3.05, 3.63) is 48.6 Å². The predicted molar refractivity (Wildman–Crippen MR) is 74.1 cm³/mol. The number of rotatable bonds is 0. The van der Waals surface area contributed by atoms with Crippen molar-refractivity contribution in [3.63, 3.8) is 0 Å². The Morgan fingerprint density at radius 1 is 0.700 bits per heavy atom. The van der Waals surface area contributed by atoms with E-state index in [4.69, 9.17) is 0 Å². The maximum absolute atomic E-state index is 3.16. The van der Waals surface area contributed by atoms with Gasteiger partial charge in [0.1, 0.15) is 0 Å². The molecule has 0 aromatic heterocycles. The number of allylic oxidation sites excluding steroid dienone is 8. The summed E-state index contributed by atoms with van der Waals surface area (Å²) < 4.78 is 0. The third-order valence-corrected chi connectivity index (χ3v) is 2.71. The minimum absolute atomic E-state index is 0. The topological polar surface area (TPSA) is 0 Å². The van der Waals surface area contributed by atoms with Crippen molar-refractivity contribution in [2.45, 2.75) is 57.8 Å². The third kappa shape index (κ3) is 18.4. The molecule has 0 bridgehead atoms. The molecule has 0 spiro atoms. The van der Waals surface area contributed by atoms with Crippen LogP contribution in [0, 0.1) is 18.2 Å². The summed E-state index contributed by atoms with van der Waals surface area (Å²) >= 11 is 0. The molecule has 3 aliphatic carbocycles. The Bertz CT molecular complexity index is 237. The van der Waals surface area contributed by atoms with Gasteiger partial charge in [-0.15, -0.1) is 6.42 Å². The van der Waals surface area contributed by atoms with Crippen LogP contribution in [0.1, 0.15) is 57.8 Å². The molecule has 0 fully saturated rings. The molecule has 0 radical (unpaired) electrons. The number of hydrogen-bond donors (Lipinski definition) is 0. The van der Waals surface area contributed by atoms with Gasteiger partial charge < -0.3 is 37.0 Å². The Morgan fingerprint density at radius 2 is 1.25 bits per heavy atom. The number of hydrogen-bond acceptors (Lipinski definition) is 0. The summed E-state index contributed by atoms with van der Waals surface area (Å²) in [5.74, 6) is 0. The standard InChI is InChI=1S/2C6H9.C5H5.2ClH.Zr/c2*1-2-4-6-5-3-1;1-2-4-5-3-1;;;/h2*1H,2,4-6H2;1-3H,4H2;2*1H;/q3*-1;;;+2/p-2. The largest absolute Gasteiger partial charge is 2.00 e. The van der Waals surface area contributed by atoms with Gasteiger partial charge in [-0.3, -0.25) is 18.2 Å². The monoisotopic (exact) mass is 387 g/mol. The molecule has 0 nitrogen and oxygen atoms in total. The van der Waals surface area contributed by atoms with Gasteiger partial charge in [0.15, 0.2) is 0 Å². The second kappa shape index (κ2) is 21.7. The van der Waals surface area contributed by atoms with Crippen molar-refractivity contribution in [2.24, 2.45) is 0 Å². The van der Waals surface area contributed by atoms with E-state index in [1.165, 1.54) is 51.4 Å². The van der Waals surface area contributed by atoms with Crippen molar-refractivity contribution in [1.82, 2.24) is 0 Å². The maximum atomic E-state index is 3.16. The first-order valence-electron chi connectivity index (χ1n) is 6.82. The van der Waals surface area contributed by atoms with Gasteiger partial charge in [0.2, 0.25) is 0 Å². The van der Waals surface area contributed by atoms with Gasteiger partial charge in [0.25, 0.3) is 0 Å². The average molecular weight is 390 g/mol. The van der Waals surface area contributed by atoms with Crippen LogP contribution in [0.2, 0.25) is 0 Å². The quantitative estimate of drug-likeness (QED) is 0.474. The second-order valence-electron chi connectivity index (χ2n) is 4.31. The molecule has 0 aliphatic heterocycles. The van der Waals surface area contributed by atoms with E-state index in [9.17, 15) is 0 Å². The molecule has 112 valence electrons. The van der Waals surface area contributed by atoms with E-state index < -0.39 is 0 Å². The smallest absolute Gasteiger partial charge is 1.00 e. The van der Waals surface area contributed by atoms with E-state index in [1.54, 1.807) is 0 Å². The fraction of sp³-hybridized carbons (Fsp3) is 0.529. The Balaban J connectivity index is -0.000000202. The van der Waals surface area contributed by atoms with Crippen molar-refractivity contribution < 1.29 is 51.0 Å². The minimum Gasteiger partial charge on any atom is -1.00 e. The zero-order valence-corrected chi connectivity index (χ0v) is 16.0. The fourth-order valence-corrected chi connectivity index (χ4v) is 1.70. The Hall–Kier alpha value is 0.423. The minimum atomic E-state index is 0. The van der Waals surface area contributed by atoms with Crippen molar-refractivity contribution >= 4 is 0 Å². The van der Waals surface area contributed by atoms with Gasteiger partial charge in [-0.1, -0.05) is 38.5 Å². The molecule has 3 heteroatoms. The van der Waals surface area contributed by atoms with Crippen LogP contribution in [0.3, 0.4) is 0 Å². The first-order chi connectivity index (χ1) is 8.50. The van der Waals surface area contributed by atoms with Crippen molar-refractivity contribution in [2.75, 3.05) is 0 Å². The molecule has 0 unspecified atom stereocenters. The van der Waals surface area contributed by atoms with Crippen LogP contribution in [0.5, 0.6) is 0 Å². The molecule has 0 N–H and O–H groups in total. The summed E-state index contributed by atoms with van der Waals surface area (Å²) in [6.45, 7) is 0.